The summed E-state index contributed by atoms with van der Waals surface area (Å²) in [7, 11) is 3.67. The molecule has 1 N–H and O–H groups in total. The first-order chi connectivity index (χ1) is 11.2. The van der Waals surface area contributed by atoms with Crippen LogP contribution in [0.15, 0.2) is 24.3 Å². The van der Waals surface area contributed by atoms with E-state index in [0.29, 0.717) is 11.8 Å². The second-order valence-corrected chi connectivity index (χ2v) is 6.98. The van der Waals surface area contributed by atoms with Crippen LogP contribution in [0.5, 0.6) is 5.75 Å². The summed E-state index contributed by atoms with van der Waals surface area (Å²) in [6, 6.07) is 8.13. The molecule has 0 spiro atoms. The number of nitrogens with zero attached hydrogens (tertiary/aromatic N) is 1. The minimum absolute atomic E-state index is 0.330. The van der Waals surface area contributed by atoms with Crippen LogP contribution in [0.2, 0.25) is 0 Å². The first-order valence-electron chi connectivity index (χ1n) is 8.78. The number of carbonyl (C=O) groups is 1. The highest BCUT2D eigenvalue weighted by atomic mass is 16.5. The summed E-state index contributed by atoms with van der Waals surface area (Å²) in [5.41, 5.74) is 0.805. The third-order valence-electron chi connectivity index (χ3n) is 5.55. The van der Waals surface area contributed by atoms with E-state index in [1.807, 2.05) is 19.2 Å². The maximum atomic E-state index is 13.4. The predicted molar refractivity (Wildman–Crippen MR) is 91.8 cm³/mol. The number of hydrogen-bond donors (Lipinski definition) is 1. The van der Waals surface area contributed by atoms with E-state index in [1.165, 1.54) is 0 Å². The number of methoxy groups -OCH3 is 1. The molecular formula is C19H28N2O2. The smallest absolute Gasteiger partial charge is 0.233 e. The van der Waals surface area contributed by atoms with Crippen molar-refractivity contribution >= 4 is 5.91 Å². The van der Waals surface area contributed by atoms with Gasteiger partial charge in [-0.1, -0.05) is 25.0 Å². The molecule has 1 aromatic rings. The predicted octanol–water partition coefficient (Wildman–Crippen LogP) is 2.57. The topological polar surface area (TPSA) is 41.6 Å². The van der Waals surface area contributed by atoms with Crippen LogP contribution in [0.25, 0.3) is 0 Å². The first-order valence-corrected chi connectivity index (χ1v) is 8.78. The van der Waals surface area contributed by atoms with Gasteiger partial charge in [-0.2, -0.15) is 0 Å². The van der Waals surface area contributed by atoms with E-state index in [1.54, 1.807) is 7.11 Å². The van der Waals surface area contributed by atoms with Gasteiger partial charge in [0.2, 0.25) is 5.91 Å². The van der Waals surface area contributed by atoms with Gasteiger partial charge in [-0.15, -0.1) is 0 Å². The molecule has 1 aliphatic heterocycles. The van der Waals surface area contributed by atoms with Crippen molar-refractivity contribution in [3.63, 3.8) is 0 Å². The van der Waals surface area contributed by atoms with E-state index in [0.717, 1.165) is 63.1 Å². The van der Waals surface area contributed by atoms with Crippen molar-refractivity contribution in [2.24, 2.45) is 5.92 Å². The summed E-state index contributed by atoms with van der Waals surface area (Å²) in [6.07, 6.45) is 5.31. The molecule has 1 aromatic carbocycles. The second kappa shape index (κ2) is 6.91. The van der Waals surface area contributed by atoms with E-state index in [-0.39, 0.29) is 5.41 Å². The highest BCUT2D eigenvalue weighted by Gasteiger charge is 2.46. The number of hydrogen-bond acceptors (Lipinski definition) is 3. The maximum absolute atomic E-state index is 13.4. The Kier molecular flexibility index (Phi) is 4.90. The molecular weight excluding hydrogens is 288 g/mol. The van der Waals surface area contributed by atoms with Gasteiger partial charge in [0, 0.05) is 13.1 Å². The van der Waals surface area contributed by atoms with Gasteiger partial charge >= 0.3 is 0 Å². The van der Waals surface area contributed by atoms with Gasteiger partial charge < -0.3 is 15.0 Å². The molecule has 126 valence electrons. The van der Waals surface area contributed by atoms with Gasteiger partial charge in [0.1, 0.15) is 5.75 Å². The Hall–Kier alpha value is -1.55. The van der Waals surface area contributed by atoms with Gasteiger partial charge in [-0.3, -0.25) is 4.79 Å². The summed E-state index contributed by atoms with van der Waals surface area (Å²) in [5, 5.41) is 3.24. The van der Waals surface area contributed by atoms with Crippen LogP contribution in [-0.4, -0.2) is 44.6 Å². The fourth-order valence-electron chi connectivity index (χ4n) is 4.30. The van der Waals surface area contributed by atoms with Crippen LogP contribution >= 0.6 is 0 Å². The Balaban J connectivity index is 1.84. The zero-order chi connectivity index (χ0) is 16.3. The summed E-state index contributed by atoms with van der Waals surface area (Å²) in [6.45, 7) is 2.79. The number of ether oxygens (including phenoxy) is 1. The van der Waals surface area contributed by atoms with Gasteiger partial charge in [-0.25, -0.2) is 0 Å². The molecule has 1 aliphatic carbocycles. The van der Waals surface area contributed by atoms with Gasteiger partial charge in [0.05, 0.1) is 12.5 Å². The van der Waals surface area contributed by atoms with E-state index in [2.05, 4.69) is 22.3 Å². The molecule has 3 rings (SSSR count). The Bertz CT molecular complexity index is 552. The standard InChI is InChI=1S/C19H28N2O2/c1-20-13-15-8-11-21(14-15)18(22)19(9-3-4-10-19)16-6-5-7-17(12-16)23-2/h5-7,12,15,20H,3-4,8-11,13-14H2,1-2H3. The summed E-state index contributed by atoms with van der Waals surface area (Å²) in [4.78, 5) is 15.5. The lowest BCUT2D eigenvalue weighted by Crippen LogP contribution is -2.44. The van der Waals surface area contributed by atoms with E-state index < -0.39 is 0 Å². The molecule has 1 heterocycles. The molecule has 4 heteroatoms. The lowest BCUT2D eigenvalue weighted by atomic mass is 9.77. The lowest BCUT2D eigenvalue weighted by molar-refractivity contribution is -0.136. The third-order valence-corrected chi connectivity index (χ3v) is 5.55. The van der Waals surface area contributed by atoms with Crippen molar-refractivity contribution in [3.8, 4) is 5.75 Å². The molecule has 1 unspecified atom stereocenters. The molecule has 23 heavy (non-hydrogen) atoms. The van der Waals surface area contributed by atoms with Crippen LogP contribution in [-0.2, 0) is 10.2 Å². The lowest BCUT2D eigenvalue weighted by Gasteiger charge is -2.33. The van der Waals surface area contributed by atoms with E-state index >= 15 is 0 Å². The van der Waals surface area contributed by atoms with Crippen LogP contribution < -0.4 is 10.1 Å². The SMILES string of the molecule is CNCC1CCN(C(=O)C2(c3cccc(OC)c3)CCCC2)C1. The number of likely N-dealkylation sites (tertiary alicyclic amines) is 1. The highest BCUT2D eigenvalue weighted by molar-refractivity contribution is 5.89. The molecule has 1 saturated carbocycles. The Morgan fingerprint density at radius 3 is 2.87 bits per heavy atom. The molecule has 1 saturated heterocycles. The second-order valence-electron chi connectivity index (χ2n) is 6.98. The highest BCUT2D eigenvalue weighted by Crippen LogP contribution is 2.44. The van der Waals surface area contributed by atoms with Crippen molar-refractivity contribution in [1.29, 1.82) is 0 Å². The summed E-state index contributed by atoms with van der Waals surface area (Å²) >= 11 is 0. The number of nitrogens with one attached hydrogen (secondary N) is 1. The molecule has 0 radical (unpaired) electrons. The first kappa shape index (κ1) is 16.3. The zero-order valence-electron chi connectivity index (χ0n) is 14.3. The van der Waals surface area contributed by atoms with E-state index in [4.69, 9.17) is 4.74 Å². The minimum atomic E-state index is -0.330. The van der Waals surface area contributed by atoms with E-state index in [9.17, 15) is 4.79 Å². The normalized spacial score (nSPS) is 23.2. The largest absolute Gasteiger partial charge is 0.497 e. The fraction of sp³-hybridized carbons (Fsp3) is 0.632. The van der Waals surface area contributed by atoms with Crippen LogP contribution in [0, 0.1) is 5.92 Å². The van der Waals surface area contributed by atoms with Crippen molar-refractivity contribution < 1.29 is 9.53 Å². The number of amides is 1. The molecule has 0 bridgehead atoms. The molecule has 1 amide bonds. The zero-order valence-corrected chi connectivity index (χ0v) is 14.3. The summed E-state index contributed by atoms with van der Waals surface area (Å²) < 4.78 is 5.38. The summed E-state index contributed by atoms with van der Waals surface area (Å²) in [5.74, 6) is 1.77. The fourth-order valence-corrected chi connectivity index (χ4v) is 4.30. The van der Waals surface area contributed by atoms with Crippen molar-refractivity contribution in [3.05, 3.63) is 29.8 Å². The van der Waals surface area contributed by atoms with Gasteiger partial charge in [0.15, 0.2) is 0 Å². The van der Waals surface area contributed by atoms with Crippen molar-refractivity contribution in [2.75, 3.05) is 33.8 Å². The molecule has 1 atom stereocenters. The minimum Gasteiger partial charge on any atom is -0.497 e. The maximum Gasteiger partial charge on any atom is 0.233 e. The number of carbonyl (C=O) groups excluding carboxylic acids is 1. The van der Waals surface area contributed by atoms with Gasteiger partial charge in [0.25, 0.3) is 0 Å². The molecule has 2 aliphatic rings. The molecule has 0 aromatic heterocycles. The Morgan fingerprint density at radius 2 is 2.17 bits per heavy atom. The Morgan fingerprint density at radius 1 is 1.39 bits per heavy atom. The van der Waals surface area contributed by atoms with Crippen LogP contribution in [0.1, 0.15) is 37.7 Å². The van der Waals surface area contributed by atoms with Crippen molar-refractivity contribution in [1.82, 2.24) is 10.2 Å². The van der Waals surface area contributed by atoms with Crippen molar-refractivity contribution in [2.45, 2.75) is 37.5 Å². The Labute approximate surface area is 139 Å². The quantitative estimate of drug-likeness (QED) is 0.908. The van der Waals surface area contributed by atoms with Gasteiger partial charge in [-0.05, 0) is 56.5 Å². The van der Waals surface area contributed by atoms with Crippen LogP contribution in [0.3, 0.4) is 0 Å². The van der Waals surface area contributed by atoms with Crippen LogP contribution in [0.4, 0.5) is 0 Å². The monoisotopic (exact) mass is 316 g/mol. The number of benzene rings is 1. The molecule has 2 fully saturated rings. The number of rotatable bonds is 5. The molecule has 4 nitrogen and oxygen atoms in total. The average molecular weight is 316 g/mol. The third kappa shape index (κ3) is 3.09. The average Bonchev–Trinajstić information content (AvgIpc) is 3.25.